The molecule has 5 rings (SSSR count). The van der Waals surface area contributed by atoms with Crippen LogP contribution < -0.4 is 42.5 Å². The first-order chi connectivity index (χ1) is 16.3. The van der Waals surface area contributed by atoms with Crippen LogP contribution in [0.15, 0.2) is 115 Å². The number of hydrogen-bond donors (Lipinski definition) is 0. The Morgan fingerprint density at radius 1 is 0.706 bits per heavy atom. The van der Waals surface area contributed by atoms with E-state index >= 15 is 0 Å². The van der Waals surface area contributed by atoms with Crippen LogP contribution in [-0.2, 0) is 4.79 Å². The third-order valence-electron chi connectivity index (χ3n) is 6.51. The molecule has 34 heavy (non-hydrogen) atoms. The molecule has 1 atom stereocenters. The zero-order chi connectivity index (χ0) is 22.7. The predicted octanol–water partition coefficient (Wildman–Crippen LogP) is 1.80. The Hall–Kier alpha value is -2.94. The number of amides is 1. The SMILES string of the molecule is COc1ccccc1N1CCC([P+](c2ccccc2)(c2ccccc2)c2ccccc2)C1=O.[Br-]. The molecule has 0 radical (unpaired) electrons. The van der Waals surface area contributed by atoms with Crippen molar-refractivity contribution in [3.63, 3.8) is 0 Å². The molecular weight excluding hydrogens is 505 g/mol. The molecule has 1 heterocycles. The molecule has 0 bridgehead atoms. The van der Waals surface area contributed by atoms with Crippen LogP contribution in [0.1, 0.15) is 6.42 Å². The lowest BCUT2D eigenvalue weighted by Crippen LogP contribution is -3.00. The van der Waals surface area contributed by atoms with Gasteiger partial charge in [0.2, 0.25) is 0 Å². The Kier molecular flexibility index (Phi) is 7.50. The molecule has 1 amide bonds. The summed E-state index contributed by atoms with van der Waals surface area (Å²) >= 11 is 0. The number of anilines is 1. The quantitative estimate of drug-likeness (QED) is 0.355. The van der Waals surface area contributed by atoms with E-state index in [1.807, 2.05) is 47.4 Å². The van der Waals surface area contributed by atoms with Gasteiger partial charge in [-0.15, -0.1) is 0 Å². The highest BCUT2D eigenvalue weighted by Crippen LogP contribution is 2.62. The largest absolute Gasteiger partial charge is 1.00 e. The Morgan fingerprint density at radius 2 is 1.15 bits per heavy atom. The monoisotopic (exact) mass is 531 g/mol. The van der Waals surface area contributed by atoms with Gasteiger partial charge in [0.25, 0.3) is 5.91 Å². The fourth-order valence-electron chi connectivity index (χ4n) is 5.09. The number of carbonyl (C=O) groups excluding carboxylic acids is 1. The van der Waals surface area contributed by atoms with Gasteiger partial charge in [-0.25, -0.2) is 0 Å². The summed E-state index contributed by atoms with van der Waals surface area (Å²) in [5, 5.41) is 3.72. The van der Waals surface area contributed by atoms with Gasteiger partial charge in [-0.05, 0) is 48.5 Å². The molecular formula is C29H27BrNO2P. The Bertz CT molecular complexity index is 1140. The van der Waals surface area contributed by atoms with E-state index < -0.39 is 7.26 Å². The molecule has 5 heteroatoms. The van der Waals surface area contributed by atoms with Crippen molar-refractivity contribution in [3.05, 3.63) is 115 Å². The van der Waals surface area contributed by atoms with Crippen LogP contribution in [0.2, 0.25) is 0 Å². The smallest absolute Gasteiger partial charge is 0.269 e. The molecule has 4 aromatic rings. The van der Waals surface area contributed by atoms with Crippen molar-refractivity contribution in [3.8, 4) is 5.75 Å². The molecule has 0 spiro atoms. The lowest BCUT2D eigenvalue weighted by atomic mass is 10.2. The second kappa shape index (κ2) is 10.5. The lowest BCUT2D eigenvalue weighted by molar-refractivity contribution is -0.116. The predicted molar refractivity (Wildman–Crippen MR) is 139 cm³/mol. The van der Waals surface area contributed by atoms with Crippen LogP contribution in [0.25, 0.3) is 0 Å². The summed E-state index contributed by atoms with van der Waals surface area (Å²) in [6.07, 6.45) is 0.795. The van der Waals surface area contributed by atoms with Gasteiger partial charge < -0.3 is 26.6 Å². The van der Waals surface area contributed by atoms with Crippen molar-refractivity contribution < 1.29 is 26.5 Å². The molecule has 0 saturated carbocycles. The number of hydrogen-bond acceptors (Lipinski definition) is 2. The van der Waals surface area contributed by atoms with E-state index in [1.54, 1.807) is 7.11 Å². The van der Waals surface area contributed by atoms with Crippen LogP contribution in [0.5, 0.6) is 5.75 Å². The number of ether oxygens (including phenoxy) is 1. The summed E-state index contributed by atoms with van der Waals surface area (Å²) in [6, 6.07) is 39.7. The molecule has 3 nitrogen and oxygen atoms in total. The highest BCUT2D eigenvalue weighted by Gasteiger charge is 2.58. The molecule has 1 aliphatic heterocycles. The van der Waals surface area contributed by atoms with Gasteiger partial charge in [0.05, 0.1) is 12.8 Å². The van der Waals surface area contributed by atoms with Gasteiger partial charge in [0.15, 0.2) is 5.66 Å². The van der Waals surface area contributed by atoms with Crippen molar-refractivity contribution in [1.82, 2.24) is 0 Å². The van der Waals surface area contributed by atoms with E-state index in [0.717, 1.165) is 17.9 Å². The maximum absolute atomic E-state index is 14.2. The Balaban J connectivity index is 0.00000274. The maximum atomic E-state index is 14.2. The molecule has 1 fully saturated rings. The first kappa shape index (κ1) is 24.2. The zero-order valence-electron chi connectivity index (χ0n) is 19.1. The minimum Gasteiger partial charge on any atom is -1.00 e. The van der Waals surface area contributed by atoms with E-state index in [2.05, 4.69) is 72.8 Å². The first-order valence-corrected chi connectivity index (χ1v) is 13.1. The van der Waals surface area contributed by atoms with Crippen molar-refractivity contribution >= 4 is 34.8 Å². The summed E-state index contributed by atoms with van der Waals surface area (Å²) in [4.78, 5) is 16.2. The average Bonchev–Trinajstić information content (AvgIpc) is 3.28. The Morgan fingerprint density at radius 3 is 1.62 bits per heavy atom. The molecule has 0 N–H and O–H groups in total. The van der Waals surface area contributed by atoms with Gasteiger partial charge in [-0.1, -0.05) is 66.7 Å². The van der Waals surface area contributed by atoms with E-state index in [9.17, 15) is 4.79 Å². The topological polar surface area (TPSA) is 29.5 Å². The van der Waals surface area contributed by atoms with Gasteiger partial charge in [0.1, 0.15) is 28.9 Å². The van der Waals surface area contributed by atoms with Crippen molar-refractivity contribution in [1.29, 1.82) is 0 Å². The fraction of sp³-hybridized carbons (Fsp3) is 0.138. The van der Waals surface area contributed by atoms with Crippen molar-refractivity contribution in [2.45, 2.75) is 12.1 Å². The number of rotatable bonds is 6. The molecule has 4 aromatic carbocycles. The lowest BCUT2D eigenvalue weighted by Gasteiger charge is -2.32. The Labute approximate surface area is 212 Å². The second-order valence-corrected chi connectivity index (χ2v) is 11.8. The van der Waals surface area contributed by atoms with Crippen molar-refractivity contribution in [2.75, 3.05) is 18.6 Å². The fourth-order valence-corrected chi connectivity index (χ4v) is 9.97. The number of nitrogens with zero attached hydrogens (tertiary/aromatic N) is 1. The second-order valence-electron chi connectivity index (χ2n) is 8.20. The summed E-state index contributed by atoms with van der Waals surface area (Å²) in [5.74, 6) is 0.902. The number of benzene rings is 4. The molecule has 1 unspecified atom stereocenters. The molecule has 1 aliphatic rings. The van der Waals surface area contributed by atoms with Crippen molar-refractivity contribution in [2.24, 2.45) is 0 Å². The van der Waals surface area contributed by atoms with Gasteiger partial charge >= 0.3 is 0 Å². The van der Waals surface area contributed by atoms with E-state index in [-0.39, 0.29) is 28.5 Å². The van der Waals surface area contributed by atoms with Crippen LogP contribution in [0, 0.1) is 0 Å². The third-order valence-corrected chi connectivity index (χ3v) is 11.3. The minimum atomic E-state index is -2.27. The first-order valence-electron chi connectivity index (χ1n) is 11.3. The minimum absolute atomic E-state index is 0. The molecule has 0 aromatic heterocycles. The number of methoxy groups -OCH3 is 1. The highest BCUT2D eigenvalue weighted by atomic mass is 79.9. The maximum Gasteiger partial charge on any atom is 0.269 e. The van der Waals surface area contributed by atoms with E-state index in [1.165, 1.54) is 15.9 Å². The van der Waals surface area contributed by atoms with E-state index in [4.69, 9.17) is 4.74 Å². The van der Waals surface area contributed by atoms with Crippen LogP contribution in [-0.4, -0.2) is 25.2 Å². The summed E-state index contributed by atoms with van der Waals surface area (Å²) in [6.45, 7) is 0.679. The van der Waals surface area contributed by atoms with Gasteiger partial charge in [-0.2, -0.15) is 0 Å². The standard InChI is InChI=1S/C29H27NO2P.BrH/c1-32-27-20-12-11-19-26(27)30-22-21-28(29(30)31)33(23-13-5-2-6-14-23,24-15-7-3-8-16-24)25-17-9-4-10-18-25;/h2-20,28H,21-22H2,1H3;1H/q+1;/p-1. The van der Waals surface area contributed by atoms with E-state index in [0.29, 0.717) is 6.54 Å². The van der Waals surface area contributed by atoms with Crippen LogP contribution in [0.4, 0.5) is 5.69 Å². The number of carbonyl (C=O) groups is 1. The summed E-state index contributed by atoms with van der Waals surface area (Å²) < 4.78 is 5.60. The van der Waals surface area contributed by atoms with Gasteiger partial charge in [-0.3, -0.25) is 4.79 Å². The molecule has 0 aliphatic carbocycles. The number of halogens is 1. The number of para-hydroxylation sites is 2. The normalized spacial score (nSPS) is 15.6. The van der Waals surface area contributed by atoms with Crippen LogP contribution in [0.3, 0.4) is 0 Å². The summed E-state index contributed by atoms with van der Waals surface area (Å²) in [7, 11) is -0.612. The van der Waals surface area contributed by atoms with Gasteiger partial charge in [0, 0.05) is 13.0 Å². The third kappa shape index (κ3) is 4.06. The average molecular weight is 532 g/mol. The molecule has 1 saturated heterocycles. The summed E-state index contributed by atoms with van der Waals surface area (Å²) in [5.41, 5.74) is 0.703. The highest BCUT2D eigenvalue weighted by molar-refractivity contribution is 7.97. The van der Waals surface area contributed by atoms with Crippen LogP contribution >= 0.6 is 7.26 Å². The zero-order valence-corrected chi connectivity index (χ0v) is 21.5. The molecule has 172 valence electrons.